The van der Waals surface area contributed by atoms with Crippen LogP contribution >= 0.6 is 0 Å². The summed E-state index contributed by atoms with van der Waals surface area (Å²) in [6.07, 6.45) is 5.54. The van der Waals surface area contributed by atoms with Gasteiger partial charge in [0.25, 0.3) is 0 Å². The molecule has 0 aliphatic carbocycles. The number of hydrogen-bond donors (Lipinski definition) is 1. The lowest BCUT2D eigenvalue weighted by Gasteiger charge is -2.48. The lowest BCUT2D eigenvalue weighted by atomic mass is 9.82. The molecule has 1 amide bonds. The predicted molar refractivity (Wildman–Crippen MR) is 154 cm³/mol. The van der Waals surface area contributed by atoms with Crippen molar-refractivity contribution in [1.29, 1.82) is 0 Å². The van der Waals surface area contributed by atoms with Crippen LogP contribution in [0.25, 0.3) is 0 Å². The number of likely N-dealkylation sites (tertiary alicyclic amines) is 1. The minimum Gasteiger partial charge on any atom is -0.360 e. The van der Waals surface area contributed by atoms with E-state index in [0.717, 1.165) is 74.6 Å². The van der Waals surface area contributed by atoms with Gasteiger partial charge in [0.05, 0.1) is 19.3 Å². The topological polar surface area (TPSA) is 64.6 Å². The van der Waals surface area contributed by atoms with E-state index in [-0.39, 0.29) is 23.8 Å². The number of hydrogen-bond acceptors (Lipinski definition) is 6. The second kappa shape index (κ2) is 13.5. The van der Waals surface area contributed by atoms with Gasteiger partial charge in [-0.15, -0.1) is 0 Å². The van der Waals surface area contributed by atoms with Gasteiger partial charge in [-0.3, -0.25) is 14.1 Å². The van der Waals surface area contributed by atoms with E-state index in [0.29, 0.717) is 25.7 Å². The fourth-order valence-electron chi connectivity index (χ4n) is 5.63. The number of alkyl halides is 1. The van der Waals surface area contributed by atoms with Crippen LogP contribution in [0.2, 0.25) is 0 Å². The number of carbonyl (C=O) groups excluding carboxylic acids is 1. The Morgan fingerprint density at radius 2 is 1.62 bits per heavy atom. The number of piperazine rings is 1. The van der Waals surface area contributed by atoms with E-state index >= 15 is 4.39 Å². The van der Waals surface area contributed by atoms with Gasteiger partial charge in [0.2, 0.25) is 5.91 Å². The van der Waals surface area contributed by atoms with E-state index in [1.54, 1.807) is 12.4 Å². The smallest absolute Gasteiger partial charge is 0.240 e. The average molecular weight is 545 g/mol. The van der Waals surface area contributed by atoms with Crippen LogP contribution in [-0.2, 0) is 11.3 Å². The molecule has 1 N–H and O–H groups in total. The molecule has 7 nitrogen and oxygen atoms in total. The zero-order valence-corrected chi connectivity index (χ0v) is 24.6. The highest BCUT2D eigenvalue weighted by molar-refractivity contribution is 5.84. The Bertz CT molecular complexity index is 1080. The average Bonchev–Trinajstić information content (AvgIpc) is 2.93. The van der Waals surface area contributed by atoms with Crippen molar-refractivity contribution in [2.24, 2.45) is 5.41 Å². The fourth-order valence-corrected chi connectivity index (χ4v) is 5.63. The third-order valence-electron chi connectivity index (χ3n) is 8.07. The van der Waals surface area contributed by atoms with Crippen molar-refractivity contribution in [2.75, 3.05) is 56.2 Å². The SMILES string of the molecule is CC.CF.Cc1cc(N2CCC3(CC2)CN(c2ccc(CN4CCC(C)(C)CC4)c(F)c2)CC(=O)N3)ncn1. The zero-order chi connectivity index (χ0) is 28.6. The van der Waals surface area contributed by atoms with Gasteiger partial charge in [0.1, 0.15) is 18.0 Å². The van der Waals surface area contributed by atoms with Gasteiger partial charge in [-0.2, -0.15) is 0 Å². The Morgan fingerprint density at radius 3 is 2.23 bits per heavy atom. The lowest BCUT2D eigenvalue weighted by Crippen LogP contribution is -2.66. The number of nitrogens with zero attached hydrogens (tertiary/aromatic N) is 5. The molecule has 0 radical (unpaired) electrons. The van der Waals surface area contributed by atoms with E-state index in [4.69, 9.17) is 0 Å². The molecule has 1 aromatic heterocycles. The summed E-state index contributed by atoms with van der Waals surface area (Å²) in [5.41, 5.74) is 2.55. The molecular weight excluding hydrogens is 498 g/mol. The quantitative estimate of drug-likeness (QED) is 0.576. The molecule has 9 heteroatoms. The minimum atomic E-state index is -0.302. The summed E-state index contributed by atoms with van der Waals surface area (Å²) in [5.74, 6) is 0.755. The molecule has 4 heterocycles. The molecule has 3 fully saturated rings. The van der Waals surface area contributed by atoms with Crippen LogP contribution in [0.3, 0.4) is 0 Å². The highest BCUT2D eigenvalue weighted by atomic mass is 19.1. The maximum atomic E-state index is 15.1. The highest BCUT2D eigenvalue weighted by Crippen LogP contribution is 2.33. The third kappa shape index (κ3) is 7.87. The largest absolute Gasteiger partial charge is 0.360 e. The van der Waals surface area contributed by atoms with Gasteiger partial charge in [0, 0.05) is 49.2 Å². The van der Waals surface area contributed by atoms with Crippen LogP contribution < -0.4 is 15.1 Å². The number of benzene rings is 1. The Balaban J connectivity index is 0.00000100. The minimum absolute atomic E-state index is 0.00277. The van der Waals surface area contributed by atoms with Gasteiger partial charge in [-0.1, -0.05) is 33.8 Å². The van der Waals surface area contributed by atoms with Gasteiger partial charge in [0.15, 0.2) is 0 Å². The summed E-state index contributed by atoms with van der Waals surface area (Å²) < 4.78 is 24.6. The van der Waals surface area contributed by atoms with E-state index in [2.05, 4.69) is 38.9 Å². The van der Waals surface area contributed by atoms with E-state index in [1.807, 2.05) is 43.9 Å². The summed E-state index contributed by atoms with van der Waals surface area (Å²) in [6.45, 7) is 15.8. The van der Waals surface area contributed by atoms with Crippen LogP contribution in [0.5, 0.6) is 0 Å². The highest BCUT2D eigenvalue weighted by Gasteiger charge is 2.41. The summed E-state index contributed by atoms with van der Waals surface area (Å²) in [6, 6.07) is 7.51. The van der Waals surface area contributed by atoms with Crippen LogP contribution in [-0.4, -0.2) is 72.8 Å². The molecule has 0 saturated carbocycles. The second-order valence-electron chi connectivity index (χ2n) is 11.4. The van der Waals surface area contributed by atoms with Crippen molar-refractivity contribution in [1.82, 2.24) is 20.2 Å². The number of aryl methyl sites for hydroxylation is 1. The molecule has 0 unspecified atom stereocenters. The van der Waals surface area contributed by atoms with Crippen LogP contribution in [0.4, 0.5) is 20.3 Å². The van der Waals surface area contributed by atoms with Gasteiger partial charge in [-0.05, 0) is 63.2 Å². The first-order valence-electron chi connectivity index (χ1n) is 14.2. The molecule has 39 heavy (non-hydrogen) atoms. The lowest BCUT2D eigenvalue weighted by molar-refractivity contribution is -0.123. The molecule has 0 atom stereocenters. The number of aromatic nitrogens is 2. The first-order chi connectivity index (χ1) is 18.7. The fraction of sp³-hybridized carbons (Fsp3) is 0.633. The molecule has 5 rings (SSSR count). The van der Waals surface area contributed by atoms with E-state index < -0.39 is 0 Å². The molecule has 1 aromatic carbocycles. The van der Waals surface area contributed by atoms with Crippen LogP contribution in [0.15, 0.2) is 30.6 Å². The summed E-state index contributed by atoms with van der Waals surface area (Å²) in [4.78, 5) is 27.9. The first-order valence-corrected chi connectivity index (χ1v) is 14.2. The molecule has 1 spiro atoms. The van der Waals surface area contributed by atoms with Crippen LogP contribution in [0.1, 0.15) is 64.6 Å². The Morgan fingerprint density at radius 1 is 0.949 bits per heavy atom. The molecule has 216 valence electrons. The molecule has 3 saturated heterocycles. The molecule has 3 aliphatic heterocycles. The van der Waals surface area contributed by atoms with Gasteiger partial charge < -0.3 is 15.1 Å². The molecular formula is C30H46F2N6O. The van der Waals surface area contributed by atoms with Crippen LogP contribution in [0, 0.1) is 18.2 Å². The number of piperidine rings is 2. The Labute approximate surface area is 233 Å². The number of nitrogens with one attached hydrogen (secondary N) is 1. The second-order valence-corrected chi connectivity index (χ2v) is 11.4. The van der Waals surface area contributed by atoms with Gasteiger partial charge >= 0.3 is 0 Å². The number of amides is 1. The summed E-state index contributed by atoms with van der Waals surface area (Å²) in [5, 5.41) is 3.26. The molecule has 3 aliphatic rings. The van der Waals surface area contributed by atoms with Crippen molar-refractivity contribution in [3.8, 4) is 0 Å². The predicted octanol–water partition coefficient (Wildman–Crippen LogP) is 5.13. The Hall–Kier alpha value is -2.81. The number of rotatable bonds is 4. The van der Waals surface area contributed by atoms with Crippen molar-refractivity contribution in [2.45, 2.75) is 72.4 Å². The Kier molecular flexibility index (Phi) is 10.6. The molecule has 2 aromatic rings. The third-order valence-corrected chi connectivity index (χ3v) is 8.07. The number of halogens is 2. The normalized spacial score (nSPS) is 20.4. The zero-order valence-electron chi connectivity index (χ0n) is 24.6. The summed E-state index contributed by atoms with van der Waals surface area (Å²) >= 11 is 0. The molecule has 0 bridgehead atoms. The van der Waals surface area contributed by atoms with E-state index in [1.165, 1.54) is 0 Å². The van der Waals surface area contributed by atoms with Crippen molar-refractivity contribution in [3.63, 3.8) is 0 Å². The monoisotopic (exact) mass is 544 g/mol. The van der Waals surface area contributed by atoms with Gasteiger partial charge in [-0.25, -0.2) is 14.4 Å². The standard InChI is InChI=1S/C27H37FN6O.C2H6.CH3F/c1-20-14-24(30-19-29-20)33-12-8-27(9-13-33)18-34(17-25(35)31-27)22-5-4-21(23(28)15-22)16-32-10-6-26(2,3)7-11-32;2*1-2/h4-5,14-15,19H,6-13,16-18H2,1-3H3,(H,31,35);1-2H3;1H3. The first kappa shape index (κ1) is 30.7. The van der Waals surface area contributed by atoms with Crippen molar-refractivity contribution >= 4 is 17.4 Å². The maximum Gasteiger partial charge on any atom is 0.240 e. The number of anilines is 2. The summed E-state index contributed by atoms with van der Waals surface area (Å²) in [7, 11) is 0.500. The van der Waals surface area contributed by atoms with Crippen molar-refractivity contribution < 1.29 is 13.6 Å². The van der Waals surface area contributed by atoms with E-state index in [9.17, 15) is 9.18 Å². The number of carbonyl (C=O) groups is 1. The van der Waals surface area contributed by atoms with Crippen molar-refractivity contribution in [3.05, 3.63) is 47.7 Å². The maximum absolute atomic E-state index is 15.1.